The minimum Gasteiger partial charge on any atom is -0.314 e. The summed E-state index contributed by atoms with van der Waals surface area (Å²) in [5, 5.41) is 14.8. The first-order valence-electron chi connectivity index (χ1n) is 6.52. The Kier molecular flexibility index (Phi) is 4.74. The number of benzene rings is 1. The van der Waals surface area contributed by atoms with Crippen molar-refractivity contribution in [1.82, 2.24) is 10.2 Å². The predicted molar refractivity (Wildman–Crippen MR) is 75.6 cm³/mol. The van der Waals surface area contributed by atoms with Crippen LogP contribution in [0.3, 0.4) is 0 Å². The second-order valence-electron chi connectivity index (χ2n) is 4.67. The number of nitro benzene ring substituents is 1. The maximum atomic E-state index is 10.9. The Bertz CT molecular complexity index is 461. The van der Waals surface area contributed by atoms with Crippen molar-refractivity contribution in [2.75, 3.05) is 26.2 Å². The Labute approximate surface area is 117 Å². The summed E-state index contributed by atoms with van der Waals surface area (Å²) in [5.41, 5.74) is 0.966. The minimum atomic E-state index is -0.371. The van der Waals surface area contributed by atoms with Crippen molar-refractivity contribution in [1.29, 1.82) is 0 Å². The van der Waals surface area contributed by atoms with Crippen LogP contribution in [0.2, 0.25) is 5.02 Å². The molecule has 0 radical (unpaired) electrons. The van der Waals surface area contributed by atoms with Gasteiger partial charge in [0.2, 0.25) is 0 Å². The van der Waals surface area contributed by atoms with Crippen LogP contribution in [0, 0.1) is 10.1 Å². The lowest BCUT2D eigenvalue weighted by molar-refractivity contribution is -0.385. The van der Waals surface area contributed by atoms with E-state index in [1.165, 1.54) is 6.07 Å². The van der Waals surface area contributed by atoms with Crippen molar-refractivity contribution >= 4 is 17.3 Å². The average Bonchev–Trinajstić information content (AvgIpc) is 2.42. The Morgan fingerprint density at radius 2 is 2.16 bits per heavy atom. The highest BCUT2D eigenvalue weighted by molar-refractivity contribution is 6.31. The topological polar surface area (TPSA) is 58.4 Å². The maximum absolute atomic E-state index is 10.9. The van der Waals surface area contributed by atoms with Gasteiger partial charge < -0.3 is 5.32 Å². The molecule has 0 aromatic heterocycles. The summed E-state index contributed by atoms with van der Waals surface area (Å²) in [6.45, 7) is 5.86. The number of hydrogen-bond donors (Lipinski definition) is 1. The third kappa shape index (κ3) is 3.23. The molecule has 104 valence electrons. The van der Waals surface area contributed by atoms with E-state index in [1.807, 2.05) is 0 Å². The highest BCUT2D eigenvalue weighted by Gasteiger charge is 2.24. The smallest absolute Gasteiger partial charge is 0.269 e. The lowest BCUT2D eigenvalue weighted by Gasteiger charge is -2.35. The number of hydrogen-bond acceptors (Lipinski definition) is 4. The zero-order chi connectivity index (χ0) is 13.8. The van der Waals surface area contributed by atoms with E-state index in [0.717, 1.165) is 38.2 Å². The van der Waals surface area contributed by atoms with E-state index < -0.39 is 0 Å². The first kappa shape index (κ1) is 14.2. The number of piperazine rings is 1. The molecule has 5 nitrogen and oxygen atoms in total. The molecule has 0 unspecified atom stereocenters. The lowest BCUT2D eigenvalue weighted by atomic mass is 10.0. The average molecular weight is 284 g/mol. The van der Waals surface area contributed by atoms with Gasteiger partial charge >= 0.3 is 0 Å². The molecule has 0 aliphatic carbocycles. The first-order chi connectivity index (χ1) is 9.13. The van der Waals surface area contributed by atoms with Crippen LogP contribution < -0.4 is 5.32 Å². The zero-order valence-corrected chi connectivity index (χ0v) is 11.7. The van der Waals surface area contributed by atoms with Crippen LogP contribution in [0.15, 0.2) is 18.2 Å². The van der Waals surface area contributed by atoms with Gasteiger partial charge in [-0.15, -0.1) is 0 Å². The van der Waals surface area contributed by atoms with Gasteiger partial charge in [-0.05, 0) is 18.1 Å². The SMILES string of the molecule is CC[C@H](c1cc([N+](=O)[O-])ccc1Cl)N1CCNCC1. The van der Waals surface area contributed by atoms with Gasteiger partial charge in [0.1, 0.15) is 0 Å². The van der Waals surface area contributed by atoms with Gasteiger partial charge in [0, 0.05) is 49.4 Å². The lowest BCUT2D eigenvalue weighted by Crippen LogP contribution is -2.45. The number of nitrogens with one attached hydrogen (secondary N) is 1. The van der Waals surface area contributed by atoms with Crippen molar-refractivity contribution < 1.29 is 4.92 Å². The molecule has 1 aromatic carbocycles. The van der Waals surface area contributed by atoms with Gasteiger partial charge in [-0.3, -0.25) is 15.0 Å². The van der Waals surface area contributed by atoms with Crippen LogP contribution in [0.5, 0.6) is 0 Å². The number of rotatable bonds is 4. The van der Waals surface area contributed by atoms with Crippen LogP contribution >= 0.6 is 11.6 Å². The fraction of sp³-hybridized carbons (Fsp3) is 0.538. The third-order valence-electron chi connectivity index (χ3n) is 3.53. The molecule has 0 bridgehead atoms. The zero-order valence-electron chi connectivity index (χ0n) is 10.9. The van der Waals surface area contributed by atoms with Crippen LogP contribution in [0.25, 0.3) is 0 Å². The summed E-state index contributed by atoms with van der Waals surface area (Å²) in [4.78, 5) is 12.9. The van der Waals surface area contributed by atoms with Crippen LogP contribution in [-0.2, 0) is 0 Å². The summed E-state index contributed by atoms with van der Waals surface area (Å²) < 4.78 is 0. The highest BCUT2D eigenvalue weighted by Crippen LogP contribution is 2.33. The Balaban J connectivity index is 2.30. The van der Waals surface area contributed by atoms with E-state index in [1.54, 1.807) is 12.1 Å². The summed E-state index contributed by atoms with van der Waals surface area (Å²) in [6, 6.07) is 4.84. The van der Waals surface area contributed by atoms with Gasteiger partial charge in [0.05, 0.1) is 4.92 Å². The highest BCUT2D eigenvalue weighted by atomic mass is 35.5. The van der Waals surface area contributed by atoms with Crippen molar-refractivity contribution in [3.63, 3.8) is 0 Å². The molecular weight excluding hydrogens is 266 g/mol. The maximum Gasteiger partial charge on any atom is 0.269 e. The number of halogens is 1. The molecule has 1 fully saturated rings. The second-order valence-corrected chi connectivity index (χ2v) is 5.08. The molecule has 0 saturated carbocycles. The Morgan fingerprint density at radius 1 is 1.47 bits per heavy atom. The van der Waals surface area contributed by atoms with Gasteiger partial charge in [0.25, 0.3) is 5.69 Å². The van der Waals surface area contributed by atoms with Gasteiger partial charge in [-0.1, -0.05) is 18.5 Å². The molecule has 2 rings (SSSR count). The van der Waals surface area contributed by atoms with Crippen LogP contribution in [0.4, 0.5) is 5.69 Å². The number of non-ortho nitro benzene ring substituents is 1. The quantitative estimate of drug-likeness (QED) is 0.682. The van der Waals surface area contributed by atoms with E-state index in [9.17, 15) is 10.1 Å². The third-order valence-corrected chi connectivity index (χ3v) is 3.87. The molecule has 1 aromatic rings. The summed E-state index contributed by atoms with van der Waals surface area (Å²) in [5.74, 6) is 0. The molecular formula is C13H18ClN3O2. The molecule has 1 heterocycles. The van der Waals surface area contributed by atoms with E-state index >= 15 is 0 Å². The molecule has 6 heteroatoms. The number of nitrogens with zero attached hydrogens (tertiary/aromatic N) is 2. The summed E-state index contributed by atoms with van der Waals surface area (Å²) in [6.07, 6.45) is 0.890. The molecule has 1 aliphatic heterocycles. The van der Waals surface area contributed by atoms with Crippen molar-refractivity contribution in [2.24, 2.45) is 0 Å². The fourth-order valence-electron chi connectivity index (χ4n) is 2.57. The fourth-order valence-corrected chi connectivity index (χ4v) is 2.81. The largest absolute Gasteiger partial charge is 0.314 e. The standard InChI is InChI=1S/C13H18ClN3O2/c1-2-13(16-7-5-15-6-8-16)11-9-10(17(18)19)3-4-12(11)14/h3-4,9,13,15H,2,5-8H2,1H3/t13-/m1/s1. The summed E-state index contributed by atoms with van der Waals surface area (Å²) in [7, 11) is 0. The van der Waals surface area contributed by atoms with E-state index in [-0.39, 0.29) is 16.7 Å². The normalized spacial score (nSPS) is 18.2. The molecule has 1 saturated heterocycles. The van der Waals surface area contributed by atoms with E-state index in [4.69, 9.17) is 11.6 Å². The van der Waals surface area contributed by atoms with Crippen molar-refractivity contribution in [2.45, 2.75) is 19.4 Å². The molecule has 1 atom stereocenters. The van der Waals surface area contributed by atoms with Gasteiger partial charge in [-0.2, -0.15) is 0 Å². The summed E-state index contributed by atoms with van der Waals surface area (Å²) >= 11 is 6.23. The van der Waals surface area contributed by atoms with Gasteiger partial charge in [-0.25, -0.2) is 0 Å². The number of nitro groups is 1. The molecule has 19 heavy (non-hydrogen) atoms. The van der Waals surface area contributed by atoms with Gasteiger partial charge in [0.15, 0.2) is 0 Å². The van der Waals surface area contributed by atoms with Crippen molar-refractivity contribution in [3.05, 3.63) is 38.9 Å². The Hall–Kier alpha value is -1.17. The first-order valence-corrected chi connectivity index (χ1v) is 6.90. The predicted octanol–water partition coefficient (Wildman–Crippen LogP) is 2.60. The van der Waals surface area contributed by atoms with Crippen molar-refractivity contribution in [3.8, 4) is 0 Å². The second kappa shape index (κ2) is 6.32. The molecule has 0 spiro atoms. The monoisotopic (exact) mass is 283 g/mol. The molecule has 1 N–H and O–H groups in total. The Morgan fingerprint density at radius 3 is 2.74 bits per heavy atom. The minimum absolute atomic E-state index is 0.105. The van der Waals surface area contributed by atoms with E-state index in [0.29, 0.717) is 5.02 Å². The van der Waals surface area contributed by atoms with E-state index in [2.05, 4.69) is 17.1 Å². The van der Waals surface area contributed by atoms with Crippen LogP contribution in [0.1, 0.15) is 24.9 Å². The molecule has 1 aliphatic rings. The van der Waals surface area contributed by atoms with Crippen LogP contribution in [-0.4, -0.2) is 36.0 Å². The molecule has 0 amide bonds.